The highest BCUT2D eigenvalue weighted by atomic mass is 16.5. The van der Waals surface area contributed by atoms with Crippen LogP contribution in [-0.4, -0.2) is 45.1 Å². The molecule has 0 radical (unpaired) electrons. The molecule has 0 atom stereocenters. The van der Waals surface area contributed by atoms with E-state index in [-0.39, 0.29) is 28.6 Å². The number of aromatic nitrogens is 2. The average Bonchev–Trinajstić information content (AvgIpc) is 3.23. The van der Waals surface area contributed by atoms with Crippen LogP contribution in [0, 0.1) is 0 Å². The molecule has 8 heteroatoms. The van der Waals surface area contributed by atoms with Gasteiger partial charge in [0, 0.05) is 24.4 Å². The van der Waals surface area contributed by atoms with Gasteiger partial charge < -0.3 is 18.9 Å². The van der Waals surface area contributed by atoms with Crippen molar-refractivity contribution in [1.29, 1.82) is 0 Å². The van der Waals surface area contributed by atoms with Crippen molar-refractivity contribution in [2.75, 3.05) is 13.1 Å². The quantitative estimate of drug-likeness (QED) is 0.909. The monoisotopic (exact) mass is 347 g/mol. The zero-order valence-electron chi connectivity index (χ0n) is 14.5. The van der Waals surface area contributed by atoms with Crippen molar-refractivity contribution in [1.82, 2.24) is 15.0 Å². The fourth-order valence-corrected chi connectivity index (χ4v) is 2.93. The Kier molecular flexibility index (Phi) is 4.36. The molecule has 25 heavy (non-hydrogen) atoms. The Bertz CT molecular complexity index is 778. The number of nitrogens with zero attached hydrogens (tertiary/aromatic N) is 3. The first-order valence-electron chi connectivity index (χ1n) is 8.20. The predicted octanol–water partition coefficient (Wildman–Crippen LogP) is 2.68. The number of aromatic carboxylic acids is 1. The van der Waals surface area contributed by atoms with E-state index >= 15 is 0 Å². The van der Waals surface area contributed by atoms with E-state index in [4.69, 9.17) is 14.0 Å². The third-order valence-electron chi connectivity index (χ3n) is 4.35. The fraction of sp³-hybridized carbons (Fsp3) is 0.529. The Balaban J connectivity index is 1.66. The summed E-state index contributed by atoms with van der Waals surface area (Å²) in [6.45, 7) is 6.91. The number of hydrogen-bond acceptors (Lipinski definition) is 6. The second-order valence-electron chi connectivity index (χ2n) is 7.26. The third kappa shape index (κ3) is 3.42. The molecule has 1 saturated heterocycles. The molecule has 2 aromatic heterocycles. The van der Waals surface area contributed by atoms with Gasteiger partial charge in [-0.3, -0.25) is 4.79 Å². The molecule has 134 valence electrons. The van der Waals surface area contributed by atoms with Crippen molar-refractivity contribution in [3.05, 3.63) is 35.4 Å². The van der Waals surface area contributed by atoms with Crippen LogP contribution in [0.4, 0.5) is 0 Å². The summed E-state index contributed by atoms with van der Waals surface area (Å²) in [5.41, 5.74) is 0.287. The Hall–Kier alpha value is -2.64. The van der Waals surface area contributed by atoms with Crippen molar-refractivity contribution in [2.24, 2.45) is 0 Å². The molecule has 0 spiro atoms. The van der Waals surface area contributed by atoms with Gasteiger partial charge >= 0.3 is 5.97 Å². The lowest BCUT2D eigenvalue weighted by molar-refractivity contribution is 0.0662. The van der Waals surface area contributed by atoms with Gasteiger partial charge in [-0.1, -0.05) is 25.9 Å². The highest BCUT2D eigenvalue weighted by Crippen LogP contribution is 2.30. The summed E-state index contributed by atoms with van der Waals surface area (Å²) in [5.74, 6) is -0.518. The molecule has 1 fully saturated rings. The van der Waals surface area contributed by atoms with Gasteiger partial charge in [-0.15, -0.1) is 0 Å². The number of likely N-dealkylation sites (tertiary alicyclic amines) is 1. The average molecular weight is 347 g/mol. The smallest absolute Gasteiger partial charge is 0.340 e. The maximum absolute atomic E-state index is 12.6. The maximum Gasteiger partial charge on any atom is 0.340 e. The van der Waals surface area contributed by atoms with Gasteiger partial charge in [0.15, 0.2) is 0 Å². The molecule has 0 unspecified atom stereocenters. The lowest BCUT2D eigenvalue weighted by atomic mass is 9.91. The number of oxazole rings is 1. The molecule has 2 aromatic rings. The highest BCUT2D eigenvalue weighted by molar-refractivity contribution is 5.91. The standard InChI is InChI=1S/C17H21N3O5/c1-17(2,3)16-18-8-12(25-16)14(21)20-6-4-10(5-7-20)13-11(15(22)23)9-24-19-13/h8-10H,4-7H2,1-3H3,(H,22,23). The molecule has 3 rings (SSSR count). The van der Waals surface area contributed by atoms with Crippen molar-refractivity contribution in [3.8, 4) is 0 Å². The maximum atomic E-state index is 12.6. The normalized spacial score (nSPS) is 16.2. The SMILES string of the molecule is CC(C)(C)c1ncc(C(=O)N2CCC(c3nocc3C(=O)O)CC2)o1. The number of carboxylic acids is 1. The summed E-state index contributed by atoms with van der Waals surface area (Å²) in [4.78, 5) is 29.6. The number of hydrogen-bond donors (Lipinski definition) is 1. The summed E-state index contributed by atoms with van der Waals surface area (Å²) in [6, 6.07) is 0. The van der Waals surface area contributed by atoms with E-state index in [1.54, 1.807) is 4.90 Å². The largest absolute Gasteiger partial charge is 0.478 e. The number of rotatable bonds is 3. The molecule has 0 aliphatic carbocycles. The van der Waals surface area contributed by atoms with Gasteiger partial charge in [0.2, 0.25) is 11.7 Å². The molecule has 1 amide bonds. The molecular weight excluding hydrogens is 326 g/mol. The van der Waals surface area contributed by atoms with Crippen LogP contribution in [0.1, 0.15) is 72.0 Å². The first kappa shape index (κ1) is 17.2. The summed E-state index contributed by atoms with van der Waals surface area (Å²) in [7, 11) is 0. The van der Waals surface area contributed by atoms with Crippen LogP contribution in [0.25, 0.3) is 0 Å². The van der Waals surface area contributed by atoms with Crippen molar-refractivity contribution < 1.29 is 23.6 Å². The Morgan fingerprint density at radius 3 is 2.52 bits per heavy atom. The Morgan fingerprint density at radius 2 is 1.96 bits per heavy atom. The molecular formula is C17H21N3O5. The molecule has 1 aliphatic rings. The Morgan fingerprint density at radius 1 is 1.28 bits per heavy atom. The van der Waals surface area contributed by atoms with Crippen LogP contribution in [0.3, 0.4) is 0 Å². The van der Waals surface area contributed by atoms with Crippen molar-refractivity contribution >= 4 is 11.9 Å². The van der Waals surface area contributed by atoms with Crippen LogP contribution in [0.5, 0.6) is 0 Å². The van der Waals surface area contributed by atoms with Crippen LogP contribution < -0.4 is 0 Å². The Labute approximate surface area is 144 Å². The van der Waals surface area contributed by atoms with Gasteiger partial charge in [0.1, 0.15) is 17.5 Å². The first-order valence-corrected chi connectivity index (χ1v) is 8.20. The molecule has 1 N–H and O–H groups in total. The van der Waals surface area contributed by atoms with Crippen molar-refractivity contribution in [2.45, 2.75) is 44.9 Å². The van der Waals surface area contributed by atoms with Gasteiger partial charge in [-0.25, -0.2) is 9.78 Å². The van der Waals surface area contributed by atoms with Crippen LogP contribution in [-0.2, 0) is 5.41 Å². The minimum atomic E-state index is -1.05. The van der Waals surface area contributed by atoms with E-state index in [0.717, 1.165) is 6.26 Å². The van der Waals surface area contributed by atoms with E-state index in [2.05, 4.69) is 10.1 Å². The summed E-state index contributed by atoms with van der Waals surface area (Å²) in [6.07, 6.45) is 3.87. The summed E-state index contributed by atoms with van der Waals surface area (Å²) < 4.78 is 10.4. The second-order valence-corrected chi connectivity index (χ2v) is 7.26. The lowest BCUT2D eigenvalue weighted by Gasteiger charge is -2.30. The number of carbonyl (C=O) groups is 2. The van der Waals surface area contributed by atoms with E-state index in [1.807, 2.05) is 20.8 Å². The lowest BCUT2D eigenvalue weighted by Crippen LogP contribution is -2.38. The summed E-state index contributed by atoms with van der Waals surface area (Å²) >= 11 is 0. The minimum Gasteiger partial charge on any atom is -0.478 e. The van der Waals surface area contributed by atoms with Gasteiger partial charge in [-0.05, 0) is 12.8 Å². The molecule has 0 saturated carbocycles. The molecule has 3 heterocycles. The molecule has 8 nitrogen and oxygen atoms in total. The van der Waals surface area contributed by atoms with Crippen LogP contribution in [0.15, 0.2) is 21.4 Å². The van der Waals surface area contributed by atoms with Crippen molar-refractivity contribution in [3.63, 3.8) is 0 Å². The number of piperidine rings is 1. The highest BCUT2D eigenvalue weighted by Gasteiger charge is 2.31. The van der Waals surface area contributed by atoms with Gasteiger partial charge in [0.25, 0.3) is 5.91 Å². The summed E-state index contributed by atoms with van der Waals surface area (Å²) in [5, 5.41) is 13.0. The van der Waals surface area contributed by atoms with Crippen LogP contribution in [0.2, 0.25) is 0 Å². The van der Waals surface area contributed by atoms with Gasteiger partial charge in [0.05, 0.1) is 6.20 Å². The van der Waals surface area contributed by atoms with Crippen LogP contribution >= 0.6 is 0 Å². The second kappa shape index (κ2) is 6.34. The topological polar surface area (TPSA) is 110 Å². The van der Waals surface area contributed by atoms with E-state index in [1.165, 1.54) is 6.20 Å². The number of carboxylic acid groups (broad SMARTS) is 1. The predicted molar refractivity (Wildman–Crippen MR) is 86.5 cm³/mol. The first-order chi connectivity index (χ1) is 11.8. The zero-order valence-corrected chi connectivity index (χ0v) is 14.5. The van der Waals surface area contributed by atoms with E-state index in [0.29, 0.717) is 37.5 Å². The minimum absolute atomic E-state index is 0.0336. The molecule has 1 aliphatic heterocycles. The molecule has 0 aromatic carbocycles. The van der Waals surface area contributed by atoms with Gasteiger partial charge in [-0.2, -0.15) is 0 Å². The third-order valence-corrected chi connectivity index (χ3v) is 4.35. The number of carbonyl (C=O) groups excluding carboxylic acids is 1. The number of amides is 1. The van der Waals surface area contributed by atoms with E-state index < -0.39 is 5.97 Å². The fourth-order valence-electron chi connectivity index (χ4n) is 2.93. The zero-order chi connectivity index (χ0) is 18.2. The van der Waals surface area contributed by atoms with E-state index in [9.17, 15) is 9.59 Å². The molecule has 0 bridgehead atoms.